The van der Waals surface area contributed by atoms with Gasteiger partial charge >= 0.3 is 0 Å². The Kier molecular flexibility index (Phi) is 6.53. The van der Waals surface area contributed by atoms with Gasteiger partial charge in [-0.2, -0.15) is 5.10 Å². The van der Waals surface area contributed by atoms with E-state index in [1.807, 2.05) is 18.0 Å². The minimum atomic E-state index is -1.13. The highest BCUT2D eigenvalue weighted by molar-refractivity contribution is 5.94. The predicted molar refractivity (Wildman–Crippen MR) is 118 cm³/mol. The summed E-state index contributed by atoms with van der Waals surface area (Å²) in [6.45, 7) is 2.30. The van der Waals surface area contributed by atoms with E-state index in [4.69, 9.17) is 4.74 Å². The minimum absolute atomic E-state index is 0.171. The fourth-order valence-electron chi connectivity index (χ4n) is 4.02. The number of ether oxygens (including phenoxy) is 1. The number of likely N-dealkylation sites (N-methyl/N-ethyl adjacent to an activating group) is 1. The van der Waals surface area contributed by atoms with Gasteiger partial charge in [0.25, 0.3) is 5.91 Å². The van der Waals surface area contributed by atoms with Gasteiger partial charge < -0.3 is 19.6 Å². The summed E-state index contributed by atoms with van der Waals surface area (Å²) in [6, 6.07) is 15.0. The molecule has 0 unspecified atom stereocenters. The van der Waals surface area contributed by atoms with Crippen LogP contribution in [0.3, 0.4) is 0 Å². The van der Waals surface area contributed by atoms with Crippen LogP contribution in [-0.4, -0.2) is 69.4 Å². The average molecular weight is 439 g/mol. The summed E-state index contributed by atoms with van der Waals surface area (Å²) in [7, 11) is 1.93. The van der Waals surface area contributed by atoms with Gasteiger partial charge in [-0.3, -0.25) is 9.48 Å². The zero-order valence-corrected chi connectivity index (χ0v) is 18.0. The van der Waals surface area contributed by atoms with Crippen molar-refractivity contribution in [1.82, 2.24) is 19.6 Å². The highest BCUT2D eigenvalue weighted by Crippen LogP contribution is 2.21. The lowest BCUT2D eigenvalue weighted by Crippen LogP contribution is -2.50. The van der Waals surface area contributed by atoms with E-state index in [0.717, 1.165) is 0 Å². The minimum Gasteiger partial charge on any atom is -0.489 e. The Morgan fingerprint density at radius 1 is 1.16 bits per heavy atom. The fourth-order valence-corrected chi connectivity index (χ4v) is 4.02. The highest BCUT2D eigenvalue weighted by Gasteiger charge is 2.36. The lowest BCUT2D eigenvalue weighted by Gasteiger charge is -2.32. The van der Waals surface area contributed by atoms with E-state index in [-0.39, 0.29) is 24.9 Å². The van der Waals surface area contributed by atoms with E-state index in [9.17, 15) is 14.3 Å². The van der Waals surface area contributed by atoms with Crippen LogP contribution in [0.15, 0.2) is 67.0 Å². The van der Waals surface area contributed by atoms with Crippen molar-refractivity contribution in [3.8, 4) is 5.75 Å². The second-order valence-corrected chi connectivity index (χ2v) is 8.34. The van der Waals surface area contributed by atoms with E-state index in [1.165, 1.54) is 12.1 Å². The van der Waals surface area contributed by atoms with Crippen LogP contribution >= 0.6 is 0 Å². The van der Waals surface area contributed by atoms with Crippen molar-refractivity contribution in [3.63, 3.8) is 0 Å². The number of aromatic nitrogens is 2. The molecular formula is C24H27FN4O3. The Morgan fingerprint density at radius 3 is 2.78 bits per heavy atom. The molecule has 4 rings (SSSR count). The number of benzene rings is 2. The summed E-state index contributed by atoms with van der Waals surface area (Å²) in [6.07, 6.45) is 3.47. The summed E-state index contributed by atoms with van der Waals surface area (Å²) in [5.41, 5.74) is 0.0621. The highest BCUT2D eigenvalue weighted by atomic mass is 19.1. The smallest absolute Gasteiger partial charge is 0.254 e. The molecule has 1 fully saturated rings. The molecule has 1 aliphatic rings. The topological polar surface area (TPSA) is 70.8 Å². The molecule has 0 radical (unpaired) electrons. The van der Waals surface area contributed by atoms with Crippen molar-refractivity contribution >= 4 is 5.91 Å². The molecule has 32 heavy (non-hydrogen) atoms. The molecule has 0 bridgehead atoms. The number of hydrogen-bond donors (Lipinski definition) is 1. The van der Waals surface area contributed by atoms with Gasteiger partial charge in [0.1, 0.15) is 23.8 Å². The third kappa shape index (κ3) is 5.52. The largest absolute Gasteiger partial charge is 0.489 e. The number of β-amino-alcohol motifs (C(OH)–C–C–N with tert-alkyl or cyclic N) is 1. The van der Waals surface area contributed by atoms with E-state index in [0.29, 0.717) is 43.1 Å². The van der Waals surface area contributed by atoms with Crippen LogP contribution in [0.5, 0.6) is 5.75 Å². The molecule has 0 saturated carbocycles. The first kappa shape index (κ1) is 22.0. The number of carbonyl (C=O) groups excluding carboxylic acids is 1. The first-order valence-electron chi connectivity index (χ1n) is 10.6. The Labute approximate surface area is 186 Å². The zero-order chi connectivity index (χ0) is 22.6. The van der Waals surface area contributed by atoms with Gasteiger partial charge in [-0.1, -0.05) is 18.2 Å². The molecule has 1 aromatic heterocycles. The second-order valence-electron chi connectivity index (χ2n) is 8.34. The van der Waals surface area contributed by atoms with Crippen LogP contribution in [0, 0.1) is 5.82 Å². The second kappa shape index (κ2) is 9.50. The van der Waals surface area contributed by atoms with E-state index in [2.05, 4.69) is 5.10 Å². The van der Waals surface area contributed by atoms with Crippen LogP contribution in [0.1, 0.15) is 15.9 Å². The standard InChI is InChI=1S/C24H27FN4O3/c1-27-11-12-28(17-24(31,16-27)18-29-10-4-9-26-29)23(30)20-6-3-8-22(14-20)32-15-19-5-2-7-21(25)13-19/h2-10,13-14,31H,11-12,15-18H2,1H3/t24-/m0/s1. The number of carbonyl (C=O) groups is 1. The van der Waals surface area contributed by atoms with Gasteiger partial charge in [-0.05, 0) is 49.0 Å². The normalized spacial score (nSPS) is 19.5. The monoisotopic (exact) mass is 438 g/mol. The maximum atomic E-state index is 13.4. The summed E-state index contributed by atoms with van der Waals surface area (Å²) >= 11 is 0. The van der Waals surface area contributed by atoms with Crippen LogP contribution < -0.4 is 4.74 Å². The van der Waals surface area contributed by atoms with E-state index >= 15 is 0 Å². The van der Waals surface area contributed by atoms with Crippen LogP contribution in [0.4, 0.5) is 4.39 Å². The number of aliphatic hydroxyl groups is 1. The first-order chi connectivity index (χ1) is 15.4. The van der Waals surface area contributed by atoms with Gasteiger partial charge in [0, 0.05) is 37.6 Å². The molecule has 1 atom stereocenters. The Bertz CT molecular complexity index is 1060. The summed E-state index contributed by atoms with van der Waals surface area (Å²) in [5, 5.41) is 15.5. The first-order valence-corrected chi connectivity index (χ1v) is 10.6. The number of halogens is 1. The molecule has 1 saturated heterocycles. The number of hydrogen-bond acceptors (Lipinski definition) is 5. The summed E-state index contributed by atoms with van der Waals surface area (Å²) < 4.78 is 20.8. The third-order valence-electron chi connectivity index (χ3n) is 5.48. The van der Waals surface area contributed by atoms with Crippen molar-refractivity contribution < 1.29 is 19.0 Å². The van der Waals surface area contributed by atoms with Gasteiger partial charge in [0.15, 0.2) is 0 Å². The molecule has 3 aromatic rings. The SMILES string of the molecule is CN1CCN(C(=O)c2cccc(OCc3cccc(F)c3)c2)C[C@](O)(Cn2cccn2)C1. The lowest BCUT2D eigenvalue weighted by molar-refractivity contribution is -0.0137. The number of rotatable bonds is 6. The average Bonchev–Trinajstić information content (AvgIpc) is 3.22. The summed E-state index contributed by atoms with van der Waals surface area (Å²) in [5.74, 6) is 0.0398. The van der Waals surface area contributed by atoms with Gasteiger partial charge in [-0.15, -0.1) is 0 Å². The molecule has 168 valence electrons. The molecule has 2 heterocycles. The molecule has 8 heteroatoms. The van der Waals surface area contributed by atoms with Gasteiger partial charge in [-0.25, -0.2) is 4.39 Å². The van der Waals surface area contributed by atoms with Gasteiger partial charge in [0.2, 0.25) is 0 Å². The molecule has 0 spiro atoms. The van der Waals surface area contributed by atoms with Crippen LogP contribution in [-0.2, 0) is 13.2 Å². The Hall–Kier alpha value is -3.23. The van der Waals surface area contributed by atoms with Crippen molar-refractivity contribution in [2.45, 2.75) is 18.8 Å². The fraction of sp³-hybridized carbons (Fsp3) is 0.333. The van der Waals surface area contributed by atoms with E-state index < -0.39 is 5.60 Å². The molecule has 1 aliphatic heterocycles. The molecule has 2 aromatic carbocycles. The number of nitrogens with zero attached hydrogens (tertiary/aromatic N) is 4. The lowest BCUT2D eigenvalue weighted by atomic mass is 10.0. The maximum Gasteiger partial charge on any atom is 0.254 e. The van der Waals surface area contributed by atoms with Crippen molar-refractivity contribution in [2.24, 2.45) is 0 Å². The molecule has 7 nitrogen and oxygen atoms in total. The van der Waals surface area contributed by atoms with Gasteiger partial charge in [0.05, 0.1) is 13.1 Å². The molecule has 1 N–H and O–H groups in total. The Balaban J connectivity index is 1.47. The molecule has 1 amide bonds. The van der Waals surface area contributed by atoms with Crippen LogP contribution in [0.25, 0.3) is 0 Å². The molecule has 0 aliphatic carbocycles. The predicted octanol–water partition coefficient (Wildman–Crippen LogP) is 2.42. The third-order valence-corrected chi connectivity index (χ3v) is 5.48. The summed E-state index contributed by atoms with van der Waals surface area (Å²) in [4.78, 5) is 17.0. The van der Waals surface area contributed by atoms with E-state index in [1.54, 1.807) is 58.4 Å². The van der Waals surface area contributed by atoms with Crippen LogP contribution in [0.2, 0.25) is 0 Å². The van der Waals surface area contributed by atoms with Crippen molar-refractivity contribution in [3.05, 3.63) is 83.9 Å². The molecular weight excluding hydrogens is 411 g/mol. The quantitative estimate of drug-likeness (QED) is 0.640. The Morgan fingerprint density at radius 2 is 2.00 bits per heavy atom. The number of amides is 1. The zero-order valence-electron chi connectivity index (χ0n) is 18.0. The van der Waals surface area contributed by atoms with Crippen molar-refractivity contribution in [2.75, 3.05) is 33.2 Å². The van der Waals surface area contributed by atoms with Crippen molar-refractivity contribution in [1.29, 1.82) is 0 Å². The maximum absolute atomic E-state index is 13.4.